The number of nitrogens with zero attached hydrogens (tertiary/aromatic N) is 6. The van der Waals surface area contributed by atoms with Gasteiger partial charge in [0.2, 0.25) is 18.9 Å². The van der Waals surface area contributed by atoms with Crippen LogP contribution in [0.4, 0.5) is 0 Å². The Morgan fingerprint density at radius 2 is 1.38 bits per heavy atom. The van der Waals surface area contributed by atoms with Crippen LogP contribution in [0, 0.1) is 0 Å². The fourth-order valence-corrected chi connectivity index (χ4v) is 3.24. The average Bonchev–Trinajstić information content (AvgIpc) is 3.24. The third-order valence-electron chi connectivity index (χ3n) is 4.39. The molecular formula is C18H18N8+2. The summed E-state index contributed by atoms with van der Waals surface area (Å²) in [5, 5.41) is 14.8. The van der Waals surface area contributed by atoms with E-state index < -0.39 is 0 Å². The van der Waals surface area contributed by atoms with E-state index in [0.717, 1.165) is 28.9 Å². The summed E-state index contributed by atoms with van der Waals surface area (Å²) in [4.78, 5) is 9.26. The predicted molar refractivity (Wildman–Crippen MR) is 89.9 cm³/mol. The second-order valence-corrected chi connectivity index (χ2v) is 6.52. The van der Waals surface area contributed by atoms with Crippen molar-refractivity contribution >= 4 is 0 Å². The van der Waals surface area contributed by atoms with E-state index in [2.05, 4.69) is 64.0 Å². The molecular weight excluding hydrogens is 328 g/mol. The molecule has 1 aliphatic rings. The van der Waals surface area contributed by atoms with Crippen LogP contribution in [0.1, 0.15) is 34.4 Å². The molecule has 8 heteroatoms. The lowest BCUT2D eigenvalue weighted by atomic mass is 10.2. The number of nitrogens with one attached hydrogen (secondary N) is 2. The van der Waals surface area contributed by atoms with Crippen molar-refractivity contribution in [2.45, 2.75) is 25.9 Å². The Hall–Kier alpha value is -3.42. The lowest BCUT2D eigenvalue weighted by molar-refractivity contribution is -0.690. The Balaban J connectivity index is 1.57. The summed E-state index contributed by atoms with van der Waals surface area (Å²) in [6.45, 7) is 1.27. The van der Waals surface area contributed by atoms with Crippen LogP contribution >= 0.6 is 0 Å². The molecule has 5 rings (SSSR count). The molecule has 0 radical (unpaired) electrons. The highest BCUT2D eigenvalue weighted by Crippen LogP contribution is 2.07. The zero-order valence-electron chi connectivity index (χ0n) is 14.1. The van der Waals surface area contributed by atoms with Gasteiger partial charge in [-0.15, -0.1) is 0 Å². The number of hydrogen-bond acceptors (Lipinski definition) is 4. The van der Waals surface area contributed by atoms with Crippen molar-refractivity contribution in [1.29, 1.82) is 0 Å². The molecule has 4 aromatic heterocycles. The highest BCUT2D eigenvalue weighted by atomic mass is 15.2. The Morgan fingerprint density at radius 1 is 0.731 bits per heavy atom. The molecule has 0 saturated carbocycles. The molecule has 0 amide bonds. The fourth-order valence-electron chi connectivity index (χ4n) is 3.24. The quantitative estimate of drug-likeness (QED) is 0.389. The van der Waals surface area contributed by atoms with E-state index in [-0.39, 0.29) is 0 Å². The van der Waals surface area contributed by atoms with E-state index in [1.165, 1.54) is 5.56 Å². The van der Waals surface area contributed by atoms with Crippen molar-refractivity contribution in [3.05, 3.63) is 83.5 Å². The van der Waals surface area contributed by atoms with Crippen LogP contribution in [0.25, 0.3) is 0 Å². The largest absolute Gasteiger partial charge is 0.263 e. The maximum atomic E-state index is 4.64. The molecule has 0 saturated heterocycles. The number of aromatic nitrogens is 8. The molecule has 0 aromatic carbocycles. The first-order valence-electron chi connectivity index (χ1n) is 8.56. The molecule has 26 heavy (non-hydrogen) atoms. The van der Waals surface area contributed by atoms with Crippen LogP contribution in [-0.4, -0.2) is 30.4 Å². The number of aromatic amines is 2. The fraction of sp³-hybridized carbons (Fsp3) is 0.222. The Bertz CT molecular complexity index is 907. The zero-order chi connectivity index (χ0) is 17.3. The van der Waals surface area contributed by atoms with Gasteiger partial charge in [0.25, 0.3) is 0 Å². The monoisotopic (exact) mass is 346 g/mol. The second-order valence-electron chi connectivity index (χ2n) is 6.52. The lowest BCUT2D eigenvalue weighted by Crippen LogP contribution is -2.35. The van der Waals surface area contributed by atoms with E-state index in [1.807, 2.05) is 24.5 Å². The Labute approximate surface area is 149 Å². The van der Waals surface area contributed by atoms with Gasteiger partial charge >= 0.3 is 0 Å². The standard InChI is InChI=1S/C18H18N8/c1-3-13-7-15-19-16(22-21-15)8-14-4-2-6-26(10-14)12-18-20-17(23-24-18)11-25(5-1)9-13/h1-6,9-10H,7-8,11-12H2,(H,19,21,22)(H,20,23,24)/q+2. The number of hydrogen-bond donors (Lipinski definition) is 2. The highest BCUT2D eigenvalue weighted by molar-refractivity contribution is 5.15. The van der Waals surface area contributed by atoms with Crippen molar-refractivity contribution in [2.75, 3.05) is 0 Å². The zero-order valence-corrected chi connectivity index (χ0v) is 14.1. The number of fused-ring (bicyclic) bond motifs is 8. The molecule has 5 heterocycles. The van der Waals surface area contributed by atoms with Crippen molar-refractivity contribution in [2.24, 2.45) is 0 Å². The van der Waals surface area contributed by atoms with E-state index in [9.17, 15) is 0 Å². The summed E-state index contributed by atoms with van der Waals surface area (Å²) in [5.74, 6) is 3.28. The van der Waals surface area contributed by atoms with Gasteiger partial charge in [0.05, 0.1) is 0 Å². The molecule has 1 aliphatic heterocycles. The van der Waals surface area contributed by atoms with Crippen molar-refractivity contribution in [1.82, 2.24) is 30.4 Å². The minimum Gasteiger partial charge on any atom is -0.263 e. The first-order chi connectivity index (χ1) is 12.8. The van der Waals surface area contributed by atoms with Crippen molar-refractivity contribution < 1.29 is 9.13 Å². The summed E-state index contributed by atoms with van der Waals surface area (Å²) in [6.07, 6.45) is 9.64. The molecule has 8 nitrogen and oxygen atoms in total. The third kappa shape index (κ3) is 3.08. The molecule has 4 aromatic rings. The maximum Gasteiger partial charge on any atom is 0.216 e. The van der Waals surface area contributed by atoms with Gasteiger partial charge in [-0.2, -0.15) is 19.3 Å². The second kappa shape index (κ2) is 6.14. The molecule has 2 N–H and O–H groups in total. The minimum atomic E-state index is 0.619. The molecule has 0 aliphatic carbocycles. The van der Waals surface area contributed by atoms with Gasteiger partial charge < -0.3 is 0 Å². The third-order valence-corrected chi connectivity index (χ3v) is 4.39. The normalized spacial score (nSPS) is 13.5. The smallest absolute Gasteiger partial charge is 0.216 e. The Kier molecular flexibility index (Phi) is 3.52. The van der Waals surface area contributed by atoms with Gasteiger partial charge in [-0.3, -0.25) is 10.2 Å². The Morgan fingerprint density at radius 3 is 2.23 bits per heavy atom. The van der Waals surface area contributed by atoms with E-state index in [1.54, 1.807) is 0 Å². The van der Waals surface area contributed by atoms with Gasteiger partial charge in [0, 0.05) is 36.1 Å². The van der Waals surface area contributed by atoms with E-state index in [0.29, 0.717) is 25.9 Å². The van der Waals surface area contributed by atoms with Crippen LogP contribution in [-0.2, 0) is 25.9 Å². The first kappa shape index (κ1) is 14.9. The van der Waals surface area contributed by atoms with Crippen LogP contribution < -0.4 is 9.13 Å². The summed E-state index contributed by atoms with van der Waals surface area (Å²) in [5.41, 5.74) is 2.32. The predicted octanol–water partition coefficient (Wildman–Crippen LogP) is 0.0894. The SMILES string of the molecule is c1cc2c[n+](c1)Cc1n[nH]c(n1)C[n+]1cccc(c1)Cc1nc(n[nH]1)C2. The molecule has 0 fully saturated rings. The molecule has 0 unspecified atom stereocenters. The summed E-state index contributed by atoms with van der Waals surface area (Å²) < 4.78 is 4.17. The summed E-state index contributed by atoms with van der Waals surface area (Å²) >= 11 is 0. The highest BCUT2D eigenvalue weighted by Gasteiger charge is 2.15. The molecule has 0 spiro atoms. The van der Waals surface area contributed by atoms with Gasteiger partial charge in [0.15, 0.2) is 36.4 Å². The summed E-state index contributed by atoms with van der Waals surface area (Å²) in [7, 11) is 0. The van der Waals surface area contributed by atoms with Crippen molar-refractivity contribution in [3.63, 3.8) is 0 Å². The van der Waals surface area contributed by atoms with Crippen LogP contribution in [0.2, 0.25) is 0 Å². The van der Waals surface area contributed by atoms with Gasteiger partial charge in [-0.25, -0.2) is 9.97 Å². The van der Waals surface area contributed by atoms with Crippen LogP contribution in [0.5, 0.6) is 0 Å². The number of pyridine rings is 2. The van der Waals surface area contributed by atoms with Gasteiger partial charge in [-0.1, -0.05) is 0 Å². The summed E-state index contributed by atoms with van der Waals surface area (Å²) in [6, 6.07) is 8.24. The number of H-pyrrole nitrogens is 2. The molecule has 0 atom stereocenters. The van der Waals surface area contributed by atoms with Crippen molar-refractivity contribution in [3.8, 4) is 0 Å². The van der Waals surface area contributed by atoms with E-state index >= 15 is 0 Å². The number of rotatable bonds is 0. The molecule has 8 bridgehead atoms. The average molecular weight is 346 g/mol. The minimum absolute atomic E-state index is 0.619. The van der Waals surface area contributed by atoms with Crippen LogP contribution in [0.3, 0.4) is 0 Å². The molecule has 128 valence electrons. The maximum absolute atomic E-state index is 4.64. The lowest BCUT2D eigenvalue weighted by Gasteiger charge is -1.99. The van der Waals surface area contributed by atoms with Gasteiger partial charge in [0.1, 0.15) is 5.82 Å². The van der Waals surface area contributed by atoms with E-state index in [4.69, 9.17) is 0 Å². The van der Waals surface area contributed by atoms with Crippen LogP contribution in [0.15, 0.2) is 49.1 Å². The first-order valence-corrected chi connectivity index (χ1v) is 8.56. The van der Waals surface area contributed by atoms with Gasteiger partial charge in [-0.05, 0) is 12.1 Å². The topological polar surface area (TPSA) is 90.9 Å².